The number of aromatic amines is 1. The lowest BCUT2D eigenvalue weighted by Gasteiger charge is -2.28. The topological polar surface area (TPSA) is 78.0 Å². The summed E-state index contributed by atoms with van der Waals surface area (Å²) in [5.41, 5.74) is -0.385. The van der Waals surface area contributed by atoms with Crippen molar-refractivity contribution in [3.05, 3.63) is 18.2 Å². The lowest BCUT2D eigenvalue weighted by molar-refractivity contribution is -0.143. The number of aliphatic carboxylic acids is 1. The summed E-state index contributed by atoms with van der Waals surface area (Å²) < 4.78 is 0. The molecule has 82 valence electrons. The molecule has 2 rings (SSSR count). The van der Waals surface area contributed by atoms with Crippen LogP contribution in [0.4, 0.5) is 0 Å². The number of carboxylic acids is 1. The summed E-state index contributed by atoms with van der Waals surface area (Å²) in [6.45, 7) is 2.70. The molecule has 0 aromatic carbocycles. The number of rotatable bonds is 3. The van der Waals surface area contributed by atoms with Crippen molar-refractivity contribution in [2.75, 3.05) is 6.54 Å². The van der Waals surface area contributed by atoms with E-state index in [2.05, 4.69) is 15.3 Å². The maximum Gasteiger partial charge on any atom is 0.308 e. The van der Waals surface area contributed by atoms with E-state index in [1.165, 1.54) is 0 Å². The average Bonchev–Trinajstić information content (AvgIpc) is 2.75. The van der Waals surface area contributed by atoms with Gasteiger partial charge in [-0.1, -0.05) is 0 Å². The van der Waals surface area contributed by atoms with Crippen molar-refractivity contribution in [3.8, 4) is 0 Å². The molecule has 1 aliphatic rings. The number of carboxylic acid groups (broad SMARTS) is 1. The highest BCUT2D eigenvalue weighted by molar-refractivity contribution is 5.72. The molecule has 0 amide bonds. The average molecular weight is 209 g/mol. The van der Waals surface area contributed by atoms with E-state index in [4.69, 9.17) is 5.11 Å². The van der Waals surface area contributed by atoms with E-state index < -0.39 is 5.97 Å². The van der Waals surface area contributed by atoms with Crippen LogP contribution in [0.1, 0.15) is 19.2 Å². The maximum absolute atomic E-state index is 11.1. The summed E-state index contributed by atoms with van der Waals surface area (Å²) in [4.78, 5) is 18.2. The van der Waals surface area contributed by atoms with Crippen LogP contribution < -0.4 is 5.32 Å². The Balaban J connectivity index is 2.14. The first-order chi connectivity index (χ1) is 7.12. The maximum atomic E-state index is 11.1. The van der Waals surface area contributed by atoms with Crippen LogP contribution in [0.15, 0.2) is 12.4 Å². The Hall–Kier alpha value is -1.36. The van der Waals surface area contributed by atoms with E-state index in [1.807, 2.05) is 6.92 Å². The molecule has 15 heavy (non-hydrogen) atoms. The van der Waals surface area contributed by atoms with Gasteiger partial charge in [0.15, 0.2) is 0 Å². The highest BCUT2D eigenvalue weighted by Gasteiger charge is 2.43. The first-order valence-corrected chi connectivity index (χ1v) is 5.08. The van der Waals surface area contributed by atoms with Gasteiger partial charge in [-0.3, -0.25) is 4.79 Å². The van der Waals surface area contributed by atoms with Gasteiger partial charge in [0.1, 0.15) is 5.82 Å². The van der Waals surface area contributed by atoms with Crippen LogP contribution in [0.3, 0.4) is 0 Å². The Labute approximate surface area is 87.9 Å². The number of carbonyl (C=O) groups is 1. The van der Waals surface area contributed by atoms with E-state index in [0.29, 0.717) is 12.8 Å². The summed E-state index contributed by atoms with van der Waals surface area (Å²) >= 11 is 0. The second kappa shape index (κ2) is 3.66. The minimum atomic E-state index is -0.728. The van der Waals surface area contributed by atoms with Crippen molar-refractivity contribution in [2.45, 2.75) is 25.3 Å². The normalized spacial score (nSPS) is 30.6. The molecule has 1 fully saturated rings. The van der Waals surface area contributed by atoms with Crippen LogP contribution in [0.5, 0.6) is 0 Å². The van der Waals surface area contributed by atoms with Crippen molar-refractivity contribution in [2.24, 2.45) is 5.92 Å². The fourth-order valence-electron chi connectivity index (χ4n) is 2.27. The van der Waals surface area contributed by atoms with Crippen LogP contribution >= 0.6 is 0 Å². The van der Waals surface area contributed by atoms with Gasteiger partial charge in [0.2, 0.25) is 0 Å². The van der Waals surface area contributed by atoms with Gasteiger partial charge in [-0.25, -0.2) is 4.98 Å². The van der Waals surface area contributed by atoms with Crippen LogP contribution in [-0.4, -0.2) is 33.1 Å². The molecular weight excluding hydrogens is 194 g/mol. The van der Waals surface area contributed by atoms with E-state index >= 15 is 0 Å². The predicted octanol–water partition coefficient (Wildman–Crippen LogP) is 0.405. The molecule has 5 heteroatoms. The summed E-state index contributed by atoms with van der Waals surface area (Å²) in [6.07, 6.45) is 4.75. The Morgan fingerprint density at radius 2 is 2.60 bits per heavy atom. The second-order valence-corrected chi connectivity index (χ2v) is 4.24. The van der Waals surface area contributed by atoms with Gasteiger partial charge in [0.05, 0.1) is 5.92 Å². The molecule has 0 radical (unpaired) electrons. The molecule has 3 N–H and O–H groups in total. The molecule has 0 bridgehead atoms. The number of H-pyrrole nitrogens is 1. The zero-order valence-corrected chi connectivity index (χ0v) is 8.66. The van der Waals surface area contributed by atoms with E-state index in [-0.39, 0.29) is 11.5 Å². The highest BCUT2D eigenvalue weighted by atomic mass is 16.4. The number of aromatic nitrogens is 2. The molecule has 0 spiro atoms. The fraction of sp³-hybridized carbons (Fsp3) is 0.600. The molecule has 1 aromatic rings. The quantitative estimate of drug-likeness (QED) is 0.673. The minimum Gasteiger partial charge on any atom is -0.481 e. The molecule has 0 saturated carbocycles. The van der Waals surface area contributed by atoms with Crippen LogP contribution in [0.25, 0.3) is 0 Å². The Morgan fingerprint density at radius 1 is 1.80 bits per heavy atom. The van der Waals surface area contributed by atoms with Gasteiger partial charge in [-0.15, -0.1) is 0 Å². The third kappa shape index (κ3) is 1.87. The first kappa shape index (κ1) is 10.2. The van der Waals surface area contributed by atoms with Crippen LogP contribution in [0, 0.1) is 5.92 Å². The van der Waals surface area contributed by atoms with Crippen LogP contribution in [-0.2, 0) is 11.2 Å². The Bertz CT molecular complexity index is 350. The monoisotopic (exact) mass is 209 g/mol. The number of nitrogens with one attached hydrogen (secondary N) is 2. The van der Waals surface area contributed by atoms with Gasteiger partial charge in [-0.05, 0) is 19.9 Å². The summed E-state index contributed by atoms with van der Waals surface area (Å²) in [6, 6.07) is 0. The smallest absolute Gasteiger partial charge is 0.308 e. The standard InChI is InChI=1S/C10H15N3O2/c1-10(6-8-11-4-5-12-8)7(9(14)15)2-3-13-10/h4-5,7,13H,2-3,6H2,1H3,(H,11,12)(H,14,15)/t7-,10+/m0/s1. The van der Waals surface area contributed by atoms with Gasteiger partial charge >= 0.3 is 5.97 Å². The van der Waals surface area contributed by atoms with Gasteiger partial charge in [-0.2, -0.15) is 0 Å². The number of hydrogen-bond donors (Lipinski definition) is 3. The number of hydrogen-bond acceptors (Lipinski definition) is 3. The second-order valence-electron chi connectivity index (χ2n) is 4.24. The molecule has 1 aliphatic heterocycles. The molecule has 2 atom stereocenters. The molecule has 0 aliphatic carbocycles. The third-order valence-electron chi connectivity index (χ3n) is 3.12. The molecule has 5 nitrogen and oxygen atoms in total. The highest BCUT2D eigenvalue weighted by Crippen LogP contribution is 2.29. The molecule has 2 heterocycles. The van der Waals surface area contributed by atoms with E-state index in [9.17, 15) is 4.79 Å². The molecule has 1 aromatic heterocycles. The summed E-state index contributed by atoms with van der Waals surface area (Å²) in [5, 5.41) is 12.4. The molecule has 0 unspecified atom stereocenters. The largest absolute Gasteiger partial charge is 0.481 e. The lowest BCUT2D eigenvalue weighted by atomic mass is 9.84. The van der Waals surface area contributed by atoms with Gasteiger partial charge in [0, 0.05) is 24.4 Å². The summed E-state index contributed by atoms with van der Waals surface area (Å²) in [7, 11) is 0. The molecule has 1 saturated heterocycles. The minimum absolute atomic E-state index is 0.331. The van der Waals surface area contributed by atoms with E-state index in [0.717, 1.165) is 12.4 Å². The first-order valence-electron chi connectivity index (χ1n) is 5.08. The summed E-state index contributed by atoms with van der Waals surface area (Å²) in [5.74, 6) is -0.227. The van der Waals surface area contributed by atoms with Crippen molar-refractivity contribution >= 4 is 5.97 Å². The van der Waals surface area contributed by atoms with Crippen LogP contribution in [0.2, 0.25) is 0 Å². The molecular formula is C10H15N3O2. The van der Waals surface area contributed by atoms with Crippen molar-refractivity contribution in [1.29, 1.82) is 0 Å². The van der Waals surface area contributed by atoms with Crippen molar-refractivity contribution in [1.82, 2.24) is 15.3 Å². The number of imidazole rings is 1. The van der Waals surface area contributed by atoms with Gasteiger partial charge < -0.3 is 15.4 Å². The van der Waals surface area contributed by atoms with Crippen molar-refractivity contribution < 1.29 is 9.90 Å². The zero-order chi connectivity index (χ0) is 10.9. The van der Waals surface area contributed by atoms with E-state index in [1.54, 1.807) is 12.4 Å². The Morgan fingerprint density at radius 3 is 3.20 bits per heavy atom. The van der Waals surface area contributed by atoms with Crippen molar-refractivity contribution in [3.63, 3.8) is 0 Å². The van der Waals surface area contributed by atoms with Gasteiger partial charge in [0.25, 0.3) is 0 Å². The third-order valence-corrected chi connectivity index (χ3v) is 3.12. The zero-order valence-electron chi connectivity index (χ0n) is 8.66. The predicted molar refractivity (Wildman–Crippen MR) is 54.4 cm³/mol. The Kier molecular flexibility index (Phi) is 2.48. The fourth-order valence-corrected chi connectivity index (χ4v) is 2.27. The number of nitrogens with zero attached hydrogens (tertiary/aromatic N) is 1. The SMILES string of the molecule is C[C@]1(Cc2ncc[nH]2)NCC[C@H]1C(=O)O. The lowest BCUT2D eigenvalue weighted by Crippen LogP contribution is -2.46.